The third-order valence-electron chi connectivity index (χ3n) is 6.34. The lowest BCUT2D eigenvalue weighted by Crippen LogP contribution is -2.45. The maximum absolute atomic E-state index is 12.2. The summed E-state index contributed by atoms with van der Waals surface area (Å²) in [6.45, 7) is 7.05. The average Bonchev–Trinajstić information content (AvgIpc) is 3.31. The Hall–Kier alpha value is -3.01. The summed E-state index contributed by atoms with van der Waals surface area (Å²) >= 11 is 1.82. The van der Waals surface area contributed by atoms with Gasteiger partial charge in [-0.1, -0.05) is 37.5 Å². The van der Waals surface area contributed by atoms with Crippen molar-refractivity contribution in [2.24, 2.45) is 0 Å². The van der Waals surface area contributed by atoms with Gasteiger partial charge < -0.3 is 10.6 Å². The molecule has 1 aliphatic carbocycles. The number of carbonyl (C=O) groups excluding carboxylic acids is 1. The van der Waals surface area contributed by atoms with Crippen LogP contribution >= 0.6 is 11.3 Å². The summed E-state index contributed by atoms with van der Waals surface area (Å²) in [5.41, 5.74) is 4.76. The van der Waals surface area contributed by atoms with E-state index in [1.54, 1.807) is 13.8 Å². The molecule has 1 heterocycles. The summed E-state index contributed by atoms with van der Waals surface area (Å²) < 4.78 is 24.4. The van der Waals surface area contributed by atoms with Crippen molar-refractivity contribution in [1.82, 2.24) is 10.6 Å². The molecule has 3 nitrogen and oxygen atoms in total. The standard InChI is InChI=1S/C22H30N2OS.C7H6F2.C2H2/c1-17-14-21(26-16-17)19-8-6-9-20(15-19)22(10-4-3-5-11-22)24-13-7-12-23-18(2)25;1-5-2-6(8)4-7(9)3-5;1-2/h6,8-9,14-16,24H,3-5,7,10-13H2,1-2H3,(H,23,25);2-4H,1H3;1-2H. The van der Waals surface area contributed by atoms with E-state index >= 15 is 0 Å². The molecular weight excluding hydrogens is 486 g/mol. The Balaban J connectivity index is 0.000000367. The van der Waals surface area contributed by atoms with E-state index in [-0.39, 0.29) is 11.4 Å². The minimum atomic E-state index is -0.521. The molecule has 0 atom stereocenters. The van der Waals surface area contributed by atoms with Gasteiger partial charge >= 0.3 is 0 Å². The summed E-state index contributed by atoms with van der Waals surface area (Å²) in [7, 11) is 0. The maximum Gasteiger partial charge on any atom is 0.216 e. The lowest BCUT2D eigenvalue weighted by atomic mass is 9.76. The second-order valence-electron chi connectivity index (χ2n) is 9.42. The van der Waals surface area contributed by atoms with Gasteiger partial charge in [-0.15, -0.1) is 24.2 Å². The Labute approximate surface area is 224 Å². The molecule has 1 saturated carbocycles. The SMILES string of the molecule is C#C.CC(=O)NCCCNC1(c2cccc(-c3cc(C)cs3)c2)CCCCC1.Cc1cc(F)cc(F)c1. The fraction of sp³-hybridized carbons (Fsp3) is 0.387. The van der Waals surface area contributed by atoms with Crippen molar-refractivity contribution in [1.29, 1.82) is 0 Å². The van der Waals surface area contributed by atoms with Crippen LogP contribution in [0.4, 0.5) is 8.78 Å². The van der Waals surface area contributed by atoms with E-state index in [4.69, 9.17) is 0 Å². The Morgan fingerprint density at radius 2 is 1.62 bits per heavy atom. The minimum Gasteiger partial charge on any atom is -0.356 e. The molecule has 198 valence electrons. The molecule has 0 unspecified atom stereocenters. The predicted octanol–water partition coefficient (Wildman–Crippen LogP) is 7.52. The Bertz CT molecular complexity index is 1100. The smallest absolute Gasteiger partial charge is 0.216 e. The van der Waals surface area contributed by atoms with E-state index in [0.717, 1.165) is 25.6 Å². The summed E-state index contributed by atoms with van der Waals surface area (Å²) in [4.78, 5) is 12.4. The van der Waals surface area contributed by atoms with Gasteiger partial charge in [-0.2, -0.15) is 0 Å². The number of nitrogens with one attached hydrogen (secondary N) is 2. The number of terminal acetylenes is 1. The summed E-state index contributed by atoms with van der Waals surface area (Å²) in [6, 6.07) is 14.8. The summed E-state index contributed by atoms with van der Waals surface area (Å²) in [5, 5.41) is 8.97. The van der Waals surface area contributed by atoms with Crippen LogP contribution in [-0.2, 0) is 10.3 Å². The van der Waals surface area contributed by atoms with Crippen LogP contribution in [0.25, 0.3) is 10.4 Å². The highest BCUT2D eigenvalue weighted by molar-refractivity contribution is 7.13. The van der Waals surface area contributed by atoms with Crippen LogP contribution < -0.4 is 10.6 Å². The maximum atomic E-state index is 12.2. The summed E-state index contributed by atoms with van der Waals surface area (Å²) in [5.74, 6) is -0.990. The Kier molecular flexibility index (Phi) is 12.5. The van der Waals surface area contributed by atoms with Gasteiger partial charge in [-0.05, 0) is 91.6 Å². The van der Waals surface area contributed by atoms with Gasteiger partial charge in [0.25, 0.3) is 0 Å². The molecule has 0 aliphatic heterocycles. The van der Waals surface area contributed by atoms with E-state index in [1.165, 1.54) is 65.8 Å². The molecule has 0 saturated heterocycles. The molecule has 6 heteroatoms. The predicted molar refractivity (Wildman–Crippen MR) is 152 cm³/mol. The molecule has 0 spiro atoms. The van der Waals surface area contributed by atoms with Crippen molar-refractivity contribution in [3.63, 3.8) is 0 Å². The number of thiophene rings is 1. The molecular formula is C31H38F2N2OS. The Morgan fingerprint density at radius 1 is 0.946 bits per heavy atom. The van der Waals surface area contributed by atoms with Crippen molar-refractivity contribution in [2.45, 2.75) is 64.8 Å². The molecule has 2 N–H and O–H groups in total. The fourth-order valence-corrected chi connectivity index (χ4v) is 5.55. The lowest BCUT2D eigenvalue weighted by Gasteiger charge is -2.39. The second-order valence-corrected chi connectivity index (χ2v) is 10.3. The molecule has 2 aromatic carbocycles. The first-order valence-electron chi connectivity index (χ1n) is 12.7. The Morgan fingerprint density at radius 3 is 2.19 bits per heavy atom. The van der Waals surface area contributed by atoms with Crippen LogP contribution in [0.3, 0.4) is 0 Å². The fourth-order valence-electron chi connectivity index (χ4n) is 4.65. The summed E-state index contributed by atoms with van der Waals surface area (Å²) in [6.07, 6.45) is 15.2. The molecule has 4 rings (SSSR count). The highest BCUT2D eigenvalue weighted by Crippen LogP contribution is 2.39. The average molecular weight is 525 g/mol. The lowest BCUT2D eigenvalue weighted by molar-refractivity contribution is -0.118. The molecule has 1 aromatic heterocycles. The van der Waals surface area contributed by atoms with Crippen LogP contribution in [0.1, 0.15) is 62.1 Å². The third-order valence-corrected chi connectivity index (χ3v) is 7.43. The normalized spacial score (nSPS) is 13.9. The van der Waals surface area contributed by atoms with Gasteiger partial charge in [0, 0.05) is 30.0 Å². The molecule has 3 aromatic rings. The molecule has 1 aliphatic rings. The number of hydrogen-bond acceptors (Lipinski definition) is 3. The van der Waals surface area contributed by atoms with Crippen LogP contribution in [0.2, 0.25) is 0 Å². The van der Waals surface area contributed by atoms with E-state index in [1.807, 2.05) is 11.3 Å². The number of halogens is 2. The monoisotopic (exact) mass is 524 g/mol. The zero-order valence-electron chi connectivity index (χ0n) is 22.1. The zero-order chi connectivity index (χ0) is 27.3. The van der Waals surface area contributed by atoms with Crippen LogP contribution in [0, 0.1) is 38.3 Å². The number of benzene rings is 2. The van der Waals surface area contributed by atoms with E-state index < -0.39 is 11.6 Å². The van der Waals surface area contributed by atoms with E-state index in [0.29, 0.717) is 5.56 Å². The van der Waals surface area contributed by atoms with Gasteiger partial charge in [0.05, 0.1) is 0 Å². The van der Waals surface area contributed by atoms with Gasteiger partial charge in [0.2, 0.25) is 5.91 Å². The number of rotatable bonds is 7. The van der Waals surface area contributed by atoms with Crippen LogP contribution in [0.5, 0.6) is 0 Å². The zero-order valence-corrected chi connectivity index (χ0v) is 22.9. The number of aryl methyl sites for hydroxylation is 2. The second kappa shape index (κ2) is 15.3. The van der Waals surface area contributed by atoms with Gasteiger partial charge in [-0.3, -0.25) is 4.79 Å². The van der Waals surface area contributed by atoms with Crippen molar-refractivity contribution in [2.75, 3.05) is 13.1 Å². The topological polar surface area (TPSA) is 41.1 Å². The quantitative estimate of drug-likeness (QED) is 0.248. The molecule has 1 amide bonds. The highest BCUT2D eigenvalue weighted by Gasteiger charge is 2.33. The van der Waals surface area contributed by atoms with E-state index in [9.17, 15) is 13.6 Å². The van der Waals surface area contributed by atoms with Gasteiger partial charge in [0.15, 0.2) is 0 Å². The van der Waals surface area contributed by atoms with Gasteiger partial charge in [0.1, 0.15) is 11.6 Å². The first kappa shape index (κ1) is 30.2. The first-order valence-corrected chi connectivity index (χ1v) is 13.6. The first-order chi connectivity index (χ1) is 17.8. The molecule has 37 heavy (non-hydrogen) atoms. The minimum absolute atomic E-state index is 0.0522. The highest BCUT2D eigenvalue weighted by atomic mass is 32.1. The van der Waals surface area contributed by atoms with Crippen molar-refractivity contribution in [3.8, 4) is 23.3 Å². The van der Waals surface area contributed by atoms with Crippen LogP contribution in [-0.4, -0.2) is 19.0 Å². The molecule has 1 fully saturated rings. The van der Waals surface area contributed by atoms with Gasteiger partial charge in [-0.25, -0.2) is 8.78 Å². The van der Waals surface area contributed by atoms with Crippen molar-refractivity contribution in [3.05, 3.63) is 82.2 Å². The van der Waals surface area contributed by atoms with Crippen molar-refractivity contribution >= 4 is 17.2 Å². The number of amides is 1. The largest absolute Gasteiger partial charge is 0.356 e. The van der Waals surface area contributed by atoms with Crippen molar-refractivity contribution < 1.29 is 13.6 Å². The van der Waals surface area contributed by atoms with Crippen LogP contribution in [0.15, 0.2) is 53.9 Å². The number of carbonyl (C=O) groups is 1. The molecule has 0 bridgehead atoms. The molecule has 0 radical (unpaired) electrons. The number of hydrogen-bond donors (Lipinski definition) is 2. The third kappa shape index (κ3) is 9.76. The van der Waals surface area contributed by atoms with E-state index in [2.05, 4.69) is 66.1 Å².